The molecule has 4 aromatic rings. The molecule has 5 rings (SSSR count). The Balaban J connectivity index is 1.49. The van der Waals surface area contributed by atoms with Crippen molar-refractivity contribution in [2.75, 3.05) is 0 Å². The minimum absolute atomic E-state index is 0.0104. The number of rotatable bonds is 7. The predicted molar refractivity (Wildman–Crippen MR) is 142 cm³/mol. The summed E-state index contributed by atoms with van der Waals surface area (Å²) < 4.78 is 11.8. The van der Waals surface area contributed by atoms with E-state index >= 15 is 0 Å². The number of hydrogen-bond donors (Lipinski definition) is 1. The molecule has 1 unspecified atom stereocenters. The highest BCUT2D eigenvalue weighted by atomic mass is 79.9. The summed E-state index contributed by atoms with van der Waals surface area (Å²) in [4.78, 5) is 44.7. The molecule has 0 fully saturated rings. The first-order valence-electron chi connectivity index (χ1n) is 11.9. The van der Waals surface area contributed by atoms with Gasteiger partial charge in [0.2, 0.25) is 5.78 Å². The SMILES string of the molecule is CC(C)OC(=O)c1ccc(CN2C(=O)C(O)=C(C(=O)c3cc4cc(Br)ccc4o3)C2c2cccnc2)cc1. The van der Waals surface area contributed by atoms with Crippen molar-refractivity contribution < 1.29 is 28.6 Å². The van der Waals surface area contributed by atoms with Crippen LogP contribution in [0, 0.1) is 0 Å². The second kappa shape index (κ2) is 10.3. The van der Waals surface area contributed by atoms with Crippen molar-refractivity contribution in [3.05, 3.63) is 111 Å². The van der Waals surface area contributed by atoms with Crippen LogP contribution in [0.3, 0.4) is 0 Å². The van der Waals surface area contributed by atoms with Gasteiger partial charge in [0.05, 0.1) is 23.3 Å². The van der Waals surface area contributed by atoms with Crippen LogP contribution < -0.4 is 0 Å². The first kappa shape index (κ1) is 25.4. The number of Topliss-reactive ketones (excluding diaryl/α,β-unsaturated/α-hetero) is 1. The molecule has 8 nitrogen and oxygen atoms in total. The molecular formula is C29H23BrN2O6. The zero-order valence-corrected chi connectivity index (χ0v) is 22.1. The van der Waals surface area contributed by atoms with Crippen molar-refractivity contribution in [2.45, 2.75) is 32.5 Å². The molecule has 2 aromatic heterocycles. The highest BCUT2D eigenvalue weighted by molar-refractivity contribution is 9.10. The summed E-state index contributed by atoms with van der Waals surface area (Å²) in [5.74, 6) is -2.35. The third-order valence-corrected chi connectivity index (χ3v) is 6.63. The van der Waals surface area contributed by atoms with E-state index in [0.717, 1.165) is 4.47 Å². The monoisotopic (exact) mass is 574 g/mol. The average Bonchev–Trinajstić information content (AvgIpc) is 3.43. The van der Waals surface area contributed by atoms with Gasteiger partial charge in [0, 0.05) is 28.8 Å². The molecule has 0 saturated carbocycles. The van der Waals surface area contributed by atoms with Crippen molar-refractivity contribution in [3.8, 4) is 0 Å². The van der Waals surface area contributed by atoms with Gasteiger partial charge in [-0.3, -0.25) is 14.6 Å². The van der Waals surface area contributed by atoms with Gasteiger partial charge in [0.25, 0.3) is 5.91 Å². The molecule has 0 saturated heterocycles. The van der Waals surface area contributed by atoms with Crippen LogP contribution in [0.5, 0.6) is 0 Å². The van der Waals surface area contributed by atoms with Crippen molar-refractivity contribution in [1.82, 2.24) is 9.88 Å². The van der Waals surface area contributed by atoms with E-state index in [0.29, 0.717) is 27.7 Å². The van der Waals surface area contributed by atoms with Gasteiger partial charge in [-0.25, -0.2) is 4.79 Å². The molecular weight excluding hydrogens is 552 g/mol. The molecule has 38 heavy (non-hydrogen) atoms. The first-order chi connectivity index (χ1) is 18.2. The van der Waals surface area contributed by atoms with Crippen LogP contribution in [-0.4, -0.2) is 38.8 Å². The minimum atomic E-state index is -0.894. The third-order valence-electron chi connectivity index (χ3n) is 6.14. The Bertz CT molecular complexity index is 1570. The normalized spacial score (nSPS) is 15.5. The summed E-state index contributed by atoms with van der Waals surface area (Å²) in [6, 6.07) is 16.1. The lowest BCUT2D eigenvalue weighted by molar-refractivity contribution is -0.130. The highest BCUT2D eigenvalue weighted by Crippen LogP contribution is 2.40. The number of carbonyl (C=O) groups is 3. The van der Waals surface area contributed by atoms with E-state index in [1.54, 1.807) is 80.8 Å². The Morgan fingerprint density at radius 1 is 1.13 bits per heavy atom. The maximum atomic E-state index is 13.7. The fraction of sp³-hybridized carbons (Fsp3) is 0.172. The van der Waals surface area contributed by atoms with Crippen LogP contribution in [0.25, 0.3) is 11.0 Å². The number of aromatic nitrogens is 1. The van der Waals surface area contributed by atoms with Crippen molar-refractivity contribution in [3.63, 3.8) is 0 Å². The number of nitrogens with zero attached hydrogens (tertiary/aromatic N) is 2. The molecule has 1 aliphatic rings. The van der Waals surface area contributed by atoms with Gasteiger partial charge in [0.1, 0.15) is 5.58 Å². The molecule has 3 heterocycles. The van der Waals surface area contributed by atoms with Gasteiger partial charge in [-0.1, -0.05) is 34.1 Å². The highest BCUT2D eigenvalue weighted by Gasteiger charge is 2.44. The molecule has 192 valence electrons. The van der Waals surface area contributed by atoms with E-state index in [-0.39, 0.29) is 24.0 Å². The van der Waals surface area contributed by atoms with E-state index in [1.807, 2.05) is 6.07 Å². The number of carbonyl (C=O) groups excluding carboxylic acids is 3. The average molecular weight is 575 g/mol. The predicted octanol–water partition coefficient (Wildman–Crippen LogP) is 5.93. The number of aliphatic hydroxyl groups is 1. The summed E-state index contributed by atoms with van der Waals surface area (Å²) in [7, 11) is 0. The Morgan fingerprint density at radius 2 is 1.89 bits per heavy atom. The van der Waals surface area contributed by atoms with Crippen LogP contribution in [0.4, 0.5) is 0 Å². The van der Waals surface area contributed by atoms with Crippen molar-refractivity contribution in [2.24, 2.45) is 0 Å². The fourth-order valence-electron chi connectivity index (χ4n) is 4.42. The Kier molecular flexibility index (Phi) is 6.86. The van der Waals surface area contributed by atoms with E-state index in [9.17, 15) is 19.5 Å². The number of ether oxygens (including phenoxy) is 1. The number of aliphatic hydroxyl groups excluding tert-OH is 1. The number of benzene rings is 2. The molecule has 1 N–H and O–H groups in total. The quantitative estimate of drug-likeness (QED) is 0.215. The maximum Gasteiger partial charge on any atom is 0.338 e. The van der Waals surface area contributed by atoms with Crippen LogP contribution in [-0.2, 0) is 16.1 Å². The van der Waals surface area contributed by atoms with Crippen LogP contribution in [0.1, 0.15) is 51.9 Å². The molecule has 1 atom stereocenters. The molecule has 1 amide bonds. The van der Waals surface area contributed by atoms with Crippen molar-refractivity contribution in [1.29, 1.82) is 0 Å². The summed E-state index contributed by atoms with van der Waals surface area (Å²) >= 11 is 3.40. The number of hydrogen-bond acceptors (Lipinski definition) is 7. The lowest BCUT2D eigenvalue weighted by Crippen LogP contribution is -2.30. The Hall–Kier alpha value is -4.24. The number of halogens is 1. The summed E-state index contributed by atoms with van der Waals surface area (Å²) in [5.41, 5.74) is 2.06. The third kappa shape index (κ3) is 4.84. The Morgan fingerprint density at radius 3 is 2.58 bits per heavy atom. The minimum Gasteiger partial charge on any atom is -0.503 e. The van der Waals surface area contributed by atoms with Crippen molar-refractivity contribution >= 4 is 44.6 Å². The van der Waals surface area contributed by atoms with Crippen LogP contribution in [0.2, 0.25) is 0 Å². The molecule has 1 aliphatic heterocycles. The van der Waals surface area contributed by atoms with Gasteiger partial charge in [-0.2, -0.15) is 0 Å². The zero-order chi connectivity index (χ0) is 27.0. The van der Waals surface area contributed by atoms with Gasteiger partial charge >= 0.3 is 5.97 Å². The van der Waals surface area contributed by atoms with Gasteiger partial charge in [-0.15, -0.1) is 0 Å². The molecule has 2 aromatic carbocycles. The molecule has 0 aliphatic carbocycles. The van der Waals surface area contributed by atoms with Gasteiger partial charge in [0.15, 0.2) is 11.5 Å². The lowest BCUT2D eigenvalue weighted by atomic mass is 9.96. The van der Waals surface area contributed by atoms with E-state index in [4.69, 9.17) is 9.15 Å². The maximum absolute atomic E-state index is 13.7. The molecule has 0 radical (unpaired) electrons. The van der Waals surface area contributed by atoms with E-state index in [1.165, 1.54) is 4.90 Å². The van der Waals surface area contributed by atoms with E-state index < -0.39 is 29.5 Å². The van der Waals surface area contributed by atoms with E-state index in [2.05, 4.69) is 20.9 Å². The molecule has 9 heteroatoms. The summed E-state index contributed by atoms with van der Waals surface area (Å²) in [6.45, 7) is 3.62. The van der Waals surface area contributed by atoms with Crippen LogP contribution in [0.15, 0.2) is 93.3 Å². The molecule has 0 bridgehead atoms. The Labute approximate surface area is 226 Å². The standard InChI is InChI=1S/C29H23BrN2O6/c1-16(2)37-29(36)18-7-5-17(6-8-18)15-32-25(19-4-3-11-31-14-19)24(27(34)28(32)35)26(33)23-13-20-12-21(30)9-10-22(20)38-23/h3-14,16,25,34H,15H2,1-2H3. The number of pyridine rings is 1. The fourth-order valence-corrected chi connectivity index (χ4v) is 4.80. The number of fused-ring (bicyclic) bond motifs is 1. The second-order valence-electron chi connectivity index (χ2n) is 9.16. The first-order valence-corrected chi connectivity index (χ1v) is 12.7. The van der Waals surface area contributed by atoms with Gasteiger partial charge < -0.3 is 19.2 Å². The topological polar surface area (TPSA) is 110 Å². The second-order valence-corrected chi connectivity index (χ2v) is 10.1. The smallest absolute Gasteiger partial charge is 0.338 e. The zero-order valence-electron chi connectivity index (χ0n) is 20.6. The van der Waals surface area contributed by atoms with Gasteiger partial charge in [-0.05, 0) is 67.4 Å². The number of esters is 1. The number of ketones is 1. The molecule has 0 spiro atoms. The number of amides is 1. The van der Waals surface area contributed by atoms with Crippen LogP contribution >= 0.6 is 15.9 Å². The summed E-state index contributed by atoms with van der Waals surface area (Å²) in [5, 5.41) is 11.6. The largest absolute Gasteiger partial charge is 0.503 e. The number of furan rings is 1. The lowest BCUT2D eigenvalue weighted by Gasteiger charge is -2.26. The summed E-state index contributed by atoms with van der Waals surface area (Å²) in [6.07, 6.45) is 2.89.